The van der Waals surface area contributed by atoms with E-state index >= 15 is 0 Å². The molecule has 2 aliphatic rings. The summed E-state index contributed by atoms with van der Waals surface area (Å²) in [5.74, 6) is -0.213. The highest BCUT2D eigenvalue weighted by Crippen LogP contribution is 2.36. The Morgan fingerprint density at radius 3 is 2.27 bits per heavy atom. The van der Waals surface area contributed by atoms with Gasteiger partial charge in [-0.05, 0) is 61.7 Å². The molecule has 2 heterocycles. The van der Waals surface area contributed by atoms with Crippen LogP contribution in [0.4, 0.5) is 13.2 Å². The molecule has 3 nitrogen and oxygen atoms in total. The Morgan fingerprint density at radius 2 is 1.73 bits per heavy atom. The predicted molar refractivity (Wildman–Crippen MR) is 78.8 cm³/mol. The highest BCUT2D eigenvalue weighted by molar-refractivity contribution is 8.00. The van der Waals surface area contributed by atoms with Gasteiger partial charge in [0.15, 0.2) is 0 Å². The van der Waals surface area contributed by atoms with E-state index < -0.39 is 5.51 Å². The summed E-state index contributed by atoms with van der Waals surface area (Å²) in [6.07, 6.45) is 4.15. The first kappa shape index (κ1) is 15.7. The van der Waals surface area contributed by atoms with E-state index in [1.165, 1.54) is 24.3 Å². The van der Waals surface area contributed by atoms with Gasteiger partial charge in [-0.25, -0.2) is 0 Å². The van der Waals surface area contributed by atoms with Crippen LogP contribution < -0.4 is 10.6 Å². The molecule has 0 radical (unpaired) electrons. The Balaban J connectivity index is 1.58. The number of thioether (sulfide) groups is 1. The van der Waals surface area contributed by atoms with Gasteiger partial charge in [-0.2, -0.15) is 13.2 Å². The molecule has 2 bridgehead atoms. The number of alkyl halides is 3. The number of nitrogens with one attached hydrogen (secondary N) is 2. The summed E-state index contributed by atoms with van der Waals surface area (Å²) < 4.78 is 36.8. The van der Waals surface area contributed by atoms with Crippen LogP contribution in [0.25, 0.3) is 0 Å². The van der Waals surface area contributed by atoms with Gasteiger partial charge >= 0.3 is 5.51 Å². The molecule has 7 heteroatoms. The van der Waals surface area contributed by atoms with Crippen molar-refractivity contribution in [1.82, 2.24) is 10.6 Å². The molecule has 22 heavy (non-hydrogen) atoms. The molecule has 0 saturated carbocycles. The molecule has 1 aromatic carbocycles. The second kappa shape index (κ2) is 6.12. The molecular formula is C15H17F3N2OS. The number of halogens is 3. The first-order chi connectivity index (χ1) is 10.4. The molecule has 2 saturated heterocycles. The predicted octanol–water partition coefficient (Wildman–Crippen LogP) is 3.31. The average Bonchev–Trinajstić information content (AvgIpc) is 2.77. The summed E-state index contributed by atoms with van der Waals surface area (Å²) in [5, 5.41) is 6.50. The fraction of sp³-hybridized carbons (Fsp3) is 0.533. The van der Waals surface area contributed by atoms with Gasteiger partial charge in [0.1, 0.15) is 0 Å². The van der Waals surface area contributed by atoms with Crippen LogP contribution in [-0.2, 0) is 0 Å². The minimum Gasteiger partial charge on any atom is -0.349 e. The SMILES string of the molecule is O=C(NC1CC2CCC(C1)N2)c1ccc(SC(F)(F)F)cc1. The number of fused-ring (bicyclic) bond motifs is 2. The normalized spacial score (nSPS) is 27.7. The third-order valence-corrected chi connectivity index (χ3v) is 4.90. The van der Waals surface area contributed by atoms with Crippen molar-refractivity contribution in [2.75, 3.05) is 0 Å². The zero-order valence-corrected chi connectivity index (χ0v) is 12.6. The van der Waals surface area contributed by atoms with E-state index in [1.54, 1.807) is 0 Å². The summed E-state index contributed by atoms with van der Waals surface area (Å²) in [5.41, 5.74) is -3.91. The molecule has 1 amide bonds. The minimum absolute atomic E-state index is 0.0870. The summed E-state index contributed by atoms with van der Waals surface area (Å²) in [7, 11) is 0. The van der Waals surface area contributed by atoms with Crippen molar-refractivity contribution in [3.05, 3.63) is 29.8 Å². The number of piperidine rings is 1. The molecular weight excluding hydrogens is 313 g/mol. The average molecular weight is 330 g/mol. The van der Waals surface area contributed by atoms with Gasteiger partial charge in [-0.3, -0.25) is 4.79 Å². The Kier molecular flexibility index (Phi) is 4.36. The lowest BCUT2D eigenvalue weighted by molar-refractivity contribution is -0.0328. The van der Waals surface area contributed by atoms with Gasteiger partial charge in [-0.15, -0.1) is 0 Å². The number of carbonyl (C=O) groups excluding carboxylic acids is 1. The Hall–Kier alpha value is -1.21. The van der Waals surface area contributed by atoms with Crippen molar-refractivity contribution in [2.24, 2.45) is 0 Å². The Labute approximate surface area is 131 Å². The maximum Gasteiger partial charge on any atom is 0.446 e. The number of amides is 1. The first-order valence-electron chi connectivity index (χ1n) is 7.32. The Bertz CT molecular complexity index is 535. The fourth-order valence-electron chi connectivity index (χ4n) is 3.25. The Morgan fingerprint density at radius 1 is 1.14 bits per heavy atom. The molecule has 0 aromatic heterocycles. The van der Waals surface area contributed by atoms with Crippen LogP contribution in [0.1, 0.15) is 36.0 Å². The van der Waals surface area contributed by atoms with Crippen molar-refractivity contribution in [2.45, 2.75) is 54.2 Å². The van der Waals surface area contributed by atoms with Crippen LogP contribution in [0.2, 0.25) is 0 Å². The summed E-state index contributed by atoms with van der Waals surface area (Å²) in [6, 6.07) is 6.66. The van der Waals surface area contributed by atoms with E-state index in [1.807, 2.05) is 0 Å². The molecule has 3 rings (SSSR count). The maximum absolute atomic E-state index is 12.3. The highest BCUT2D eigenvalue weighted by atomic mass is 32.2. The van der Waals surface area contributed by atoms with Crippen LogP contribution in [0.3, 0.4) is 0 Å². The second-order valence-electron chi connectivity index (χ2n) is 5.85. The molecule has 120 valence electrons. The number of benzene rings is 1. The van der Waals surface area contributed by atoms with E-state index in [9.17, 15) is 18.0 Å². The number of carbonyl (C=O) groups is 1. The summed E-state index contributed by atoms with van der Waals surface area (Å²) >= 11 is -0.174. The van der Waals surface area contributed by atoms with Gasteiger partial charge in [-0.1, -0.05) is 0 Å². The van der Waals surface area contributed by atoms with Crippen molar-refractivity contribution < 1.29 is 18.0 Å². The summed E-state index contributed by atoms with van der Waals surface area (Å²) in [4.78, 5) is 12.3. The summed E-state index contributed by atoms with van der Waals surface area (Å²) in [6.45, 7) is 0. The molecule has 0 aliphatic carbocycles. The van der Waals surface area contributed by atoms with E-state index in [4.69, 9.17) is 0 Å². The zero-order chi connectivity index (χ0) is 15.7. The molecule has 2 unspecified atom stereocenters. The third kappa shape index (κ3) is 3.95. The zero-order valence-electron chi connectivity index (χ0n) is 11.8. The molecule has 1 aromatic rings. The van der Waals surface area contributed by atoms with Crippen LogP contribution in [-0.4, -0.2) is 29.5 Å². The maximum atomic E-state index is 12.3. The number of rotatable bonds is 3. The molecule has 2 aliphatic heterocycles. The third-order valence-electron chi connectivity index (χ3n) is 4.16. The lowest BCUT2D eigenvalue weighted by Crippen LogP contribution is -2.48. The number of hydrogen-bond donors (Lipinski definition) is 2. The molecule has 2 N–H and O–H groups in total. The number of hydrogen-bond acceptors (Lipinski definition) is 3. The first-order valence-corrected chi connectivity index (χ1v) is 8.13. The van der Waals surface area contributed by atoms with Gasteiger partial charge in [0.25, 0.3) is 5.91 Å². The quantitative estimate of drug-likeness (QED) is 0.836. The standard InChI is InChI=1S/C15H17F3N2OS/c16-15(17,18)22-13-5-1-9(2-6-13)14(21)20-12-7-10-3-4-11(8-12)19-10/h1-2,5-6,10-12,19H,3-4,7-8H2,(H,20,21). The van der Waals surface area contributed by atoms with Crippen LogP contribution in [0.15, 0.2) is 29.2 Å². The lowest BCUT2D eigenvalue weighted by Gasteiger charge is -2.29. The van der Waals surface area contributed by atoms with Gasteiger partial charge in [0, 0.05) is 28.6 Å². The van der Waals surface area contributed by atoms with E-state index in [-0.39, 0.29) is 28.6 Å². The van der Waals surface area contributed by atoms with E-state index in [2.05, 4.69) is 10.6 Å². The van der Waals surface area contributed by atoms with Crippen molar-refractivity contribution >= 4 is 17.7 Å². The monoisotopic (exact) mass is 330 g/mol. The molecule has 2 atom stereocenters. The minimum atomic E-state index is -4.31. The van der Waals surface area contributed by atoms with Crippen LogP contribution >= 0.6 is 11.8 Å². The lowest BCUT2D eigenvalue weighted by atomic mass is 9.99. The van der Waals surface area contributed by atoms with Crippen LogP contribution in [0, 0.1) is 0 Å². The van der Waals surface area contributed by atoms with Crippen LogP contribution in [0.5, 0.6) is 0 Å². The van der Waals surface area contributed by atoms with Crippen molar-refractivity contribution in [3.8, 4) is 0 Å². The van der Waals surface area contributed by atoms with E-state index in [0.29, 0.717) is 17.6 Å². The fourth-order valence-corrected chi connectivity index (χ4v) is 3.79. The largest absolute Gasteiger partial charge is 0.446 e. The van der Waals surface area contributed by atoms with Gasteiger partial charge in [0.05, 0.1) is 0 Å². The molecule has 2 fully saturated rings. The smallest absolute Gasteiger partial charge is 0.349 e. The van der Waals surface area contributed by atoms with Gasteiger partial charge in [0.2, 0.25) is 0 Å². The van der Waals surface area contributed by atoms with Crippen molar-refractivity contribution in [1.29, 1.82) is 0 Å². The molecule has 0 spiro atoms. The van der Waals surface area contributed by atoms with Crippen molar-refractivity contribution in [3.63, 3.8) is 0 Å². The van der Waals surface area contributed by atoms with Gasteiger partial charge < -0.3 is 10.6 Å². The topological polar surface area (TPSA) is 41.1 Å². The van der Waals surface area contributed by atoms with E-state index in [0.717, 1.165) is 25.7 Å². The second-order valence-corrected chi connectivity index (χ2v) is 6.99. The highest BCUT2D eigenvalue weighted by Gasteiger charge is 2.34.